The summed E-state index contributed by atoms with van der Waals surface area (Å²) in [7, 11) is 1.83. The summed E-state index contributed by atoms with van der Waals surface area (Å²) in [4.78, 5) is 33.5. The molecule has 0 radical (unpaired) electrons. The summed E-state index contributed by atoms with van der Waals surface area (Å²) in [6.45, 7) is 3.29. The highest BCUT2D eigenvalue weighted by molar-refractivity contribution is 7.11. The first kappa shape index (κ1) is 16.2. The van der Waals surface area contributed by atoms with Crippen molar-refractivity contribution in [3.63, 3.8) is 0 Å². The fourth-order valence-corrected chi connectivity index (χ4v) is 4.83. The zero-order valence-electron chi connectivity index (χ0n) is 13.7. The Morgan fingerprint density at radius 3 is 2.91 bits per heavy atom. The predicted octanol–water partition coefficient (Wildman–Crippen LogP) is 1.87. The Bertz CT molecular complexity index is 615. The van der Waals surface area contributed by atoms with Gasteiger partial charge in [0.1, 0.15) is 6.04 Å². The largest absolute Gasteiger partial charge is 0.351 e. The molecule has 1 aliphatic heterocycles. The number of aromatic nitrogens is 1. The molecule has 3 rings (SSSR count). The first-order chi connectivity index (χ1) is 11.0. The van der Waals surface area contributed by atoms with Crippen molar-refractivity contribution >= 4 is 23.3 Å². The molecule has 0 unspecified atom stereocenters. The molecule has 2 atom stereocenters. The maximum absolute atomic E-state index is 12.7. The fourth-order valence-electron chi connectivity index (χ4n) is 3.77. The number of amides is 3. The molecule has 1 aromatic rings. The summed E-state index contributed by atoms with van der Waals surface area (Å²) in [5.41, 5.74) is 6.56. The van der Waals surface area contributed by atoms with Gasteiger partial charge in [-0.05, 0) is 39.0 Å². The number of hydrogen-bond acceptors (Lipinski definition) is 4. The monoisotopic (exact) mass is 336 g/mol. The van der Waals surface area contributed by atoms with E-state index in [9.17, 15) is 9.59 Å². The first-order valence-electron chi connectivity index (χ1n) is 8.24. The Kier molecular flexibility index (Phi) is 4.57. The molecule has 23 heavy (non-hydrogen) atoms. The van der Waals surface area contributed by atoms with Crippen LogP contribution in [0.1, 0.15) is 47.2 Å². The molecule has 0 spiro atoms. The maximum Gasteiger partial charge on any atom is 0.315 e. The molecule has 0 bridgehead atoms. The van der Waals surface area contributed by atoms with Crippen LogP contribution >= 0.6 is 11.3 Å². The van der Waals surface area contributed by atoms with Crippen LogP contribution in [0, 0.1) is 6.92 Å². The molecular weight excluding hydrogens is 312 g/mol. The smallest absolute Gasteiger partial charge is 0.315 e. The Labute approximate surface area is 140 Å². The second kappa shape index (κ2) is 6.47. The average molecular weight is 336 g/mol. The number of likely N-dealkylation sites (tertiary alicyclic amines) is 1. The number of carbonyl (C=O) groups excluding carboxylic acids is 2. The van der Waals surface area contributed by atoms with Gasteiger partial charge in [0.15, 0.2) is 0 Å². The third-order valence-corrected chi connectivity index (χ3v) is 5.92. The molecule has 2 N–H and O–H groups in total. The van der Waals surface area contributed by atoms with Gasteiger partial charge in [-0.25, -0.2) is 9.78 Å². The Morgan fingerprint density at radius 1 is 1.39 bits per heavy atom. The number of hydrogen-bond donors (Lipinski definition) is 1. The van der Waals surface area contributed by atoms with Crippen molar-refractivity contribution in [2.24, 2.45) is 5.73 Å². The SMILES string of the molecule is Cc1nc2c(s1)CCC[C@@H]2CN(C)C(=O)[C@@H]1CCCN1C(N)=O. The van der Waals surface area contributed by atoms with Crippen LogP contribution in [-0.4, -0.2) is 52.9 Å². The van der Waals surface area contributed by atoms with Gasteiger partial charge in [-0.2, -0.15) is 0 Å². The summed E-state index contributed by atoms with van der Waals surface area (Å²) in [6, 6.07) is -0.887. The molecule has 0 saturated carbocycles. The molecule has 1 saturated heterocycles. The Morgan fingerprint density at radius 2 is 2.17 bits per heavy atom. The molecule has 3 amide bonds. The van der Waals surface area contributed by atoms with Crippen molar-refractivity contribution in [2.45, 2.75) is 51.0 Å². The van der Waals surface area contributed by atoms with E-state index in [-0.39, 0.29) is 5.91 Å². The second-order valence-electron chi connectivity index (χ2n) is 6.54. The number of primary amides is 1. The highest BCUT2D eigenvalue weighted by Gasteiger charge is 2.36. The highest BCUT2D eigenvalue weighted by atomic mass is 32.1. The first-order valence-corrected chi connectivity index (χ1v) is 9.06. The number of aryl methyl sites for hydroxylation is 2. The zero-order valence-corrected chi connectivity index (χ0v) is 14.6. The van der Waals surface area contributed by atoms with E-state index >= 15 is 0 Å². The number of rotatable bonds is 3. The fraction of sp³-hybridized carbons (Fsp3) is 0.688. The molecule has 1 fully saturated rings. The number of urea groups is 1. The molecule has 7 heteroatoms. The van der Waals surface area contributed by atoms with Crippen LogP contribution in [-0.2, 0) is 11.2 Å². The number of likely N-dealkylation sites (N-methyl/N-ethyl adjacent to an activating group) is 1. The molecule has 126 valence electrons. The standard InChI is InChI=1S/C16H24N4O2S/c1-10-18-14-11(5-3-7-13(14)23-10)9-19(2)15(21)12-6-4-8-20(12)16(17)22/h11-12H,3-9H2,1-2H3,(H2,17,22)/t11-,12+/m1/s1. The summed E-state index contributed by atoms with van der Waals surface area (Å²) in [5.74, 6) is 0.307. The van der Waals surface area contributed by atoms with Crippen molar-refractivity contribution in [1.82, 2.24) is 14.8 Å². The molecule has 2 aliphatic rings. The molecule has 1 aromatic heterocycles. The van der Waals surface area contributed by atoms with Gasteiger partial charge < -0.3 is 15.5 Å². The molecular formula is C16H24N4O2S. The van der Waals surface area contributed by atoms with E-state index < -0.39 is 12.1 Å². The summed E-state index contributed by atoms with van der Waals surface area (Å²) in [6.07, 6.45) is 4.87. The second-order valence-corrected chi connectivity index (χ2v) is 7.83. The van der Waals surface area contributed by atoms with Crippen LogP contribution in [0.15, 0.2) is 0 Å². The van der Waals surface area contributed by atoms with Crippen LogP contribution in [0.4, 0.5) is 4.79 Å². The van der Waals surface area contributed by atoms with Crippen LogP contribution in [0.3, 0.4) is 0 Å². The van der Waals surface area contributed by atoms with E-state index in [0.29, 0.717) is 25.4 Å². The quantitative estimate of drug-likeness (QED) is 0.915. The third-order valence-electron chi connectivity index (χ3n) is 4.87. The minimum absolute atomic E-state index is 0.000347. The summed E-state index contributed by atoms with van der Waals surface area (Å²) >= 11 is 1.78. The van der Waals surface area contributed by atoms with Crippen molar-refractivity contribution < 1.29 is 9.59 Å². The number of nitrogens with two attached hydrogens (primary N) is 1. The van der Waals surface area contributed by atoms with Crippen LogP contribution in [0.25, 0.3) is 0 Å². The van der Waals surface area contributed by atoms with E-state index in [1.165, 1.54) is 15.5 Å². The zero-order chi connectivity index (χ0) is 16.6. The molecule has 0 aromatic carbocycles. The van der Waals surface area contributed by atoms with Crippen LogP contribution in [0.5, 0.6) is 0 Å². The van der Waals surface area contributed by atoms with Crippen molar-refractivity contribution in [2.75, 3.05) is 20.1 Å². The number of thiazole rings is 1. The Balaban J connectivity index is 1.68. The number of fused-ring (bicyclic) bond motifs is 1. The highest BCUT2D eigenvalue weighted by Crippen LogP contribution is 2.35. The lowest BCUT2D eigenvalue weighted by Gasteiger charge is -2.30. The van der Waals surface area contributed by atoms with E-state index in [2.05, 4.69) is 4.98 Å². The van der Waals surface area contributed by atoms with Gasteiger partial charge in [0.25, 0.3) is 0 Å². The van der Waals surface area contributed by atoms with Gasteiger partial charge in [0, 0.05) is 30.9 Å². The van der Waals surface area contributed by atoms with Crippen LogP contribution in [0.2, 0.25) is 0 Å². The van der Waals surface area contributed by atoms with Gasteiger partial charge in [-0.15, -0.1) is 11.3 Å². The van der Waals surface area contributed by atoms with E-state index in [4.69, 9.17) is 5.73 Å². The lowest BCUT2D eigenvalue weighted by Crippen LogP contribution is -2.49. The van der Waals surface area contributed by atoms with Crippen molar-refractivity contribution in [3.05, 3.63) is 15.6 Å². The minimum atomic E-state index is -0.496. The van der Waals surface area contributed by atoms with E-state index in [0.717, 1.165) is 30.7 Å². The van der Waals surface area contributed by atoms with Gasteiger partial charge in [0.2, 0.25) is 5.91 Å². The maximum atomic E-state index is 12.7. The lowest BCUT2D eigenvalue weighted by atomic mass is 9.90. The normalized spacial score (nSPS) is 23.7. The van der Waals surface area contributed by atoms with Gasteiger partial charge in [-0.1, -0.05) is 0 Å². The van der Waals surface area contributed by atoms with Crippen molar-refractivity contribution in [1.29, 1.82) is 0 Å². The number of carbonyl (C=O) groups is 2. The summed E-state index contributed by atoms with van der Waals surface area (Å²) in [5, 5.41) is 1.10. The van der Waals surface area contributed by atoms with Crippen LogP contribution < -0.4 is 5.73 Å². The van der Waals surface area contributed by atoms with Gasteiger partial charge >= 0.3 is 6.03 Å². The summed E-state index contributed by atoms with van der Waals surface area (Å²) < 4.78 is 0. The average Bonchev–Trinajstić information content (AvgIpc) is 3.12. The van der Waals surface area contributed by atoms with E-state index in [1.807, 2.05) is 14.0 Å². The van der Waals surface area contributed by atoms with Gasteiger partial charge in [0.05, 0.1) is 10.7 Å². The Hall–Kier alpha value is -1.63. The minimum Gasteiger partial charge on any atom is -0.351 e. The number of nitrogens with zero attached hydrogens (tertiary/aromatic N) is 3. The van der Waals surface area contributed by atoms with E-state index in [1.54, 1.807) is 16.2 Å². The lowest BCUT2D eigenvalue weighted by molar-refractivity contribution is -0.134. The topological polar surface area (TPSA) is 79.5 Å². The molecule has 2 heterocycles. The van der Waals surface area contributed by atoms with Gasteiger partial charge in [-0.3, -0.25) is 4.79 Å². The third kappa shape index (κ3) is 3.20. The predicted molar refractivity (Wildman–Crippen MR) is 89.5 cm³/mol. The van der Waals surface area contributed by atoms with Crippen molar-refractivity contribution in [3.8, 4) is 0 Å². The molecule has 6 nitrogen and oxygen atoms in total. The molecule has 1 aliphatic carbocycles.